The van der Waals surface area contributed by atoms with Gasteiger partial charge < -0.3 is 9.88 Å². The molecule has 1 N–H and O–H groups in total. The highest BCUT2D eigenvalue weighted by atomic mass is 32.2. The monoisotopic (exact) mass is 477 g/mol. The summed E-state index contributed by atoms with van der Waals surface area (Å²) in [7, 11) is 1.87. The summed E-state index contributed by atoms with van der Waals surface area (Å²) in [6, 6.07) is 22.0. The SMILES string of the molecule is Cn1c(CNc2ccc(F)cc2)nnc1SCC(=O)N1c2ccccc2Sc2ccccc21. The van der Waals surface area contributed by atoms with Crippen molar-refractivity contribution in [1.29, 1.82) is 0 Å². The third kappa shape index (κ3) is 4.46. The van der Waals surface area contributed by atoms with Crippen LogP contribution < -0.4 is 10.2 Å². The number of halogens is 1. The van der Waals surface area contributed by atoms with Crippen LogP contribution in [0.5, 0.6) is 0 Å². The number of carbonyl (C=O) groups is 1. The molecule has 1 aromatic heterocycles. The lowest BCUT2D eigenvalue weighted by Crippen LogP contribution is -2.30. The Bertz CT molecular complexity index is 1260. The maximum Gasteiger partial charge on any atom is 0.242 e. The number of benzene rings is 3. The van der Waals surface area contributed by atoms with Crippen molar-refractivity contribution in [2.24, 2.45) is 7.05 Å². The number of fused-ring (bicyclic) bond motifs is 2. The minimum Gasteiger partial charge on any atom is -0.378 e. The van der Waals surface area contributed by atoms with E-state index < -0.39 is 0 Å². The van der Waals surface area contributed by atoms with Crippen LogP contribution in [-0.2, 0) is 18.4 Å². The Balaban J connectivity index is 1.29. The normalized spacial score (nSPS) is 12.2. The molecule has 2 heterocycles. The van der Waals surface area contributed by atoms with Crippen LogP contribution in [0, 0.1) is 5.82 Å². The number of nitrogens with one attached hydrogen (secondary N) is 1. The molecule has 4 aromatic rings. The molecule has 0 aliphatic carbocycles. The van der Waals surface area contributed by atoms with Crippen molar-refractivity contribution in [3.8, 4) is 0 Å². The molecule has 3 aromatic carbocycles. The minimum atomic E-state index is -0.278. The summed E-state index contributed by atoms with van der Waals surface area (Å²) in [5.74, 6) is 0.652. The number of thioether (sulfide) groups is 1. The van der Waals surface area contributed by atoms with E-state index in [1.165, 1.54) is 23.9 Å². The van der Waals surface area contributed by atoms with Gasteiger partial charge in [0.25, 0.3) is 0 Å². The third-order valence-corrected chi connectivity index (χ3v) is 7.36. The number of rotatable bonds is 6. The summed E-state index contributed by atoms with van der Waals surface area (Å²) >= 11 is 3.03. The van der Waals surface area contributed by atoms with Crippen LogP contribution in [0.3, 0.4) is 0 Å². The molecule has 0 bridgehead atoms. The number of hydrogen-bond acceptors (Lipinski definition) is 6. The van der Waals surface area contributed by atoms with E-state index in [9.17, 15) is 9.18 Å². The van der Waals surface area contributed by atoms with Crippen molar-refractivity contribution >= 4 is 46.5 Å². The predicted molar refractivity (Wildman–Crippen MR) is 130 cm³/mol. The Hall–Kier alpha value is -3.30. The van der Waals surface area contributed by atoms with Gasteiger partial charge in [-0.15, -0.1) is 10.2 Å². The fraction of sp³-hybridized carbons (Fsp3) is 0.125. The summed E-state index contributed by atoms with van der Waals surface area (Å²) in [4.78, 5) is 17.3. The zero-order valence-electron chi connectivity index (χ0n) is 17.7. The second-order valence-corrected chi connectivity index (χ2v) is 9.40. The summed E-state index contributed by atoms with van der Waals surface area (Å²) in [6.07, 6.45) is 0. The molecular formula is C24H20FN5OS2. The van der Waals surface area contributed by atoms with E-state index in [0.717, 1.165) is 32.7 Å². The first-order valence-electron chi connectivity index (χ1n) is 10.3. The van der Waals surface area contributed by atoms with Gasteiger partial charge in [0.1, 0.15) is 5.82 Å². The second kappa shape index (κ2) is 9.29. The average Bonchev–Trinajstić information content (AvgIpc) is 3.19. The highest BCUT2D eigenvalue weighted by molar-refractivity contribution is 8.00. The summed E-state index contributed by atoms with van der Waals surface area (Å²) in [5.41, 5.74) is 2.59. The van der Waals surface area contributed by atoms with E-state index in [2.05, 4.69) is 15.5 Å². The fourth-order valence-electron chi connectivity index (χ4n) is 3.54. The van der Waals surface area contributed by atoms with Crippen molar-refractivity contribution in [1.82, 2.24) is 14.8 Å². The van der Waals surface area contributed by atoms with Crippen LogP contribution >= 0.6 is 23.5 Å². The molecule has 1 aliphatic heterocycles. The standard InChI is InChI=1S/C24H20FN5OS2/c1-29-22(14-26-17-12-10-16(25)11-13-17)27-28-24(29)32-15-23(31)30-18-6-2-4-8-20(18)33-21-9-5-3-7-19(21)30/h2-13,26H,14-15H2,1H3. The quantitative estimate of drug-likeness (QED) is 0.371. The Morgan fingerprint density at radius 2 is 1.61 bits per heavy atom. The van der Waals surface area contributed by atoms with Gasteiger partial charge in [0, 0.05) is 22.5 Å². The number of anilines is 3. The molecule has 6 nitrogen and oxygen atoms in total. The number of para-hydroxylation sites is 2. The molecule has 0 atom stereocenters. The highest BCUT2D eigenvalue weighted by Crippen LogP contribution is 2.48. The Kier molecular flexibility index (Phi) is 6.06. The van der Waals surface area contributed by atoms with Gasteiger partial charge in [0.2, 0.25) is 5.91 Å². The van der Waals surface area contributed by atoms with Gasteiger partial charge >= 0.3 is 0 Å². The van der Waals surface area contributed by atoms with Crippen LogP contribution in [0.15, 0.2) is 87.7 Å². The maximum absolute atomic E-state index is 13.3. The lowest BCUT2D eigenvalue weighted by atomic mass is 10.2. The van der Waals surface area contributed by atoms with Crippen LogP contribution in [0.2, 0.25) is 0 Å². The van der Waals surface area contributed by atoms with Crippen LogP contribution in [-0.4, -0.2) is 26.4 Å². The molecule has 166 valence electrons. The minimum absolute atomic E-state index is 0.0193. The van der Waals surface area contributed by atoms with Gasteiger partial charge in [-0.2, -0.15) is 0 Å². The first-order valence-corrected chi connectivity index (χ1v) is 12.1. The van der Waals surface area contributed by atoms with Crippen molar-refractivity contribution in [3.63, 3.8) is 0 Å². The van der Waals surface area contributed by atoms with Crippen molar-refractivity contribution in [2.45, 2.75) is 21.5 Å². The molecule has 9 heteroatoms. The Labute approximate surface area is 199 Å². The highest BCUT2D eigenvalue weighted by Gasteiger charge is 2.28. The first kappa shape index (κ1) is 21.5. The number of amides is 1. The van der Waals surface area contributed by atoms with E-state index >= 15 is 0 Å². The number of nitrogens with zero attached hydrogens (tertiary/aromatic N) is 4. The van der Waals surface area contributed by atoms with E-state index in [1.54, 1.807) is 28.8 Å². The van der Waals surface area contributed by atoms with Gasteiger partial charge in [0.15, 0.2) is 11.0 Å². The molecule has 0 unspecified atom stereocenters. The van der Waals surface area contributed by atoms with Crippen LogP contribution in [0.25, 0.3) is 0 Å². The van der Waals surface area contributed by atoms with Gasteiger partial charge in [0.05, 0.1) is 23.7 Å². The van der Waals surface area contributed by atoms with Crippen LogP contribution in [0.1, 0.15) is 5.82 Å². The number of aromatic nitrogens is 3. The zero-order valence-corrected chi connectivity index (χ0v) is 19.4. The smallest absolute Gasteiger partial charge is 0.242 e. The summed E-state index contributed by atoms with van der Waals surface area (Å²) in [6.45, 7) is 0.438. The maximum atomic E-state index is 13.3. The van der Waals surface area contributed by atoms with E-state index in [0.29, 0.717) is 11.7 Å². The van der Waals surface area contributed by atoms with E-state index in [4.69, 9.17) is 0 Å². The lowest BCUT2D eigenvalue weighted by Gasteiger charge is -2.30. The van der Waals surface area contributed by atoms with Crippen molar-refractivity contribution in [3.05, 3.63) is 84.4 Å². The van der Waals surface area contributed by atoms with Gasteiger partial charge in [-0.25, -0.2) is 4.39 Å². The average molecular weight is 478 g/mol. The molecular weight excluding hydrogens is 457 g/mol. The molecule has 0 saturated heterocycles. The third-order valence-electron chi connectivity index (χ3n) is 5.23. The van der Waals surface area contributed by atoms with E-state index in [1.807, 2.05) is 60.1 Å². The number of carbonyl (C=O) groups excluding carboxylic acids is 1. The lowest BCUT2D eigenvalue weighted by molar-refractivity contribution is -0.115. The Morgan fingerprint density at radius 3 is 2.27 bits per heavy atom. The molecule has 1 amide bonds. The van der Waals surface area contributed by atoms with Gasteiger partial charge in [-0.05, 0) is 48.5 Å². The van der Waals surface area contributed by atoms with Crippen molar-refractivity contribution < 1.29 is 9.18 Å². The fourth-order valence-corrected chi connectivity index (χ4v) is 5.37. The molecule has 33 heavy (non-hydrogen) atoms. The Morgan fingerprint density at radius 1 is 0.970 bits per heavy atom. The van der Waals surface area contributed by atoms with E-state index in [-0.39, 0.29) is 17.5 Å². The first-order chi connectivity index (χ1) is 16.1. The van der Waals surface area contributed by atoms with Crippen molar-refractivity contribution in [2.75, 3.05) is 16.0 Å². The van der Waals surface area contributed by atoms with Crippen LogP contribution in [0.4, 0.5) is 21.5 Å². The summed E-state index contributed by atoms with van der Waals surface area (Å²) in [5, 5.41) is 12.4. The zero-order chi connectivity index (χ0) is 22.8. The van der Waals surface area contributed by atoms with Gasteiger partial charge in [-0.1, -0.05) is 47.8 Å². The molecule has 0 spiro atoms. The topological polar surface area (TPSA) is 63.1 Å². The van der Waals surface area contributed by atoms with Gasteiger partial charge in [-0.3, -0.25) is 9.69 Å². The molecule has 0 saturated carbocycles. The number of hydrogen-bond donors (Lipinski definition) is 1. The molecule has 1 aliphatic rings. The predicted octanol–water partition coefficient (Wildman–Crippen LogP) is 5.49. The molecule has 0 fully saturated rings. The largest absolute Gasteiger partial charge is 0.378 e. The second-order valence-electron chi connectivity index (χ2n) is 7.37. The molecule has 5 rings (SSSR count). The molecule has 0 radical (unpaired) electrons. The summed E-state index contributed by atoms with van der Waals surface area (Å²) < 4.78 is 14.9.